The molecule has 6 nitrogen and oxygen atoms in total. The van der Waals surface area contributed by atoms with Gasteiger partial charge in [0.15, 0.2) is 15.8 Å². The Labute approximate surface area is 175 Å². The molecular weight excluding hydrogens is 465 g/mol. The summed E-state index contributed by atoms with van der Waals surface area (Å²) in [6.45, 7) is 8.89. The van der Waals surface area contributed by atoms with Crippen LogP contribution in [0.4, 0.5) is 0 Å². The van der Waals surface area contributed by atoms with Gasteiger partial charge in [-0.2, -0.15) is 0 Å². The van der Waals surface area contributed by atoms with Gasteiger partial charge >= 0.3 is 0 Å². The Balaban J connectivity index is 0.00000243. The van der Waals surface area contributed by atoms with Crippen molar-refractivity contribution in [3.8, 4) is 0 Å². The Morgan fingerprint density at radius 1 is 1.31 bits per heavy atom. The van der Waals surface area contributed by atoms with Crippen molar-refractivity contribution in [3.05, 3.63) is 0 Å². The number of ether oxygens (including phenoxy) is 1. The maximum atomic E-state index is 11.7. The van der Waals surface area contributed by atoms with E-state index in [2.05, 4.69) is 24.1 Å². The second-order valence-electron chi connectivity index (χ2n) is 8.30. The predicted octanol–water partition coefficient (Wildman–Crippen LogP) is 2.29. The number of halogens is 1. The van der Waals surface area contributed by atoms with Gasteiger partial charge in [-0.15, -0.1) is 24.0 Å². The lowest BCUT2D eigenvalue weighted by Gasteiger charge is -2.30. The molecule has 2 atom stereocenters. The zero-order chi connectivity index (χ0) is 17.9. The first kappa shape index (κ1) is 22.2. The topological polar surface area (TPSA) is 71.0 Å². The number of nitrogens with zero attached hydrogens (tertiary/aromatic N) is 2. The van der Waals surface area contributed by atoms with E-state index in [1.807, 2.05) is 0 Å². The standard InChI is InChI=1S/C18H33N3O3S.HI/c1-3-18(2)7-8-21(14-18)17(20-16-4-9-24-10-5-16)19-12-15-6-11-25(22,23)13-15;/h15-16H,3-14H2,1-2H3,(H,19,20);1H. The van der Waals surface area contributed by atoms with Gasteiger partial charge in [0.25, 0.3) is 0 Å². The summed E-state index contributed by atoms with van der Waals surface area (Å²) in [7, 11) is -2.83. The van der Waals surface area contributed by atoms with Crippen LogP contribution in [0.25, 0.3) is 0 Å². The largest absolute Gasteiger partial charge is 0.381 e. The average molecular weight is 499 g/mol. The average Bonchev–Trinajstić information content (AvgIpc) is 3.15. The SMILES string of the molecule is CCC1(C)CCN(C(=NCC2CCS(=O)(=O)C2)NC2CCOCC2)C1.I. The van der Waals surface area contributed by atoms with Crippen LogP contribution in [0.2, 0.25) is 0 Å². The van der Waals surface area contributed by atoms with Crippen LogP contribution in [-0.4, -0.2) is 69.7 Å². The molecule has 3 rings (SSSR count). The minimum absolute atomic E-state index is 0. The molecule has 0 radical (unpaired) electrons. The van der Waals surface area contributed by atoms with Crippen LogP contribution >= 0.6 is 24.0 Å². The van der Waals surface area contributed by atoms with Crippen molar-refractivity contribution in [2.24, 2.45) is 16.3 Å². The van der Waals surface area contributed by atoms with Crippen molar-refractivity contribution >= 4 is 39.8 Å². The van der Waals surface area contributed by atoms with Gasteiger partial charge in [-0.1, -0.05) is 13.8 Å². The highest BCUT2D eigenvalue weighted by atomic mass is 127. The third-order valence-electron chi connectivity index (χ3n) is 6.09. The fourth-order valence-electron chi connectivity index (χ4n) is 3.99. The zero-order valence-corrected chi connectivity index (χ0v) is 19.2. The lowest BCUT2D eigenvalue weighted by Crippen LogP contribution is -2.47. The van der Waals surface area contributed by atoms with Crippen molar-refractivity contribution < 1.29 is 13.2 Å². The first-order valence-electron chi connectivity index (χ1n) is 9.73. The molecule has 2 unspecified atom stereocenters. The molecule has 0 bridgehead atoms. The molecule has 0 saturated carbocycles. The van der Waals surface area contributed by atoms with Crippen LogP contribution in [0, 0.1) is 11.3 Å². The number of rotatable bonds is 4. The lowest BCUT2D eigenvalue weighted by molar-refractivity contribution is 0.0816. The number of sulfone groups is 1. The van der Waals surface area contributed by atoms with Gasteiger partial charge in [0.2, 0.25) is 0 Å². The maximum absolute atomic E-state index is 11.7. The summed E-state index contributed by atoms with van der Waals surface area (Å²) >= 11 is 0. The Morgan fingerprint density at radius 3 is 2.62 bits per heavy atom. The molecular formula is C18H34IN3O3S. The molecule has 3 heterocycles. The van der Waals surface area contributed by atoms with Crippen molar-refractivity contribution in [2.75, 3.05) is 44.4 Å². The summed E-state index contributed by atoms with van der Waals surface area (Å²) in [5, 5.41) is 3.65. The highest BCUT2D eigenvalue weighted by Gasteiger charge is 2.35. The molecule has 3 fully saturated rings. The van der Waals surface area contributed by atoms with Crippen LogP contribution in [0.5, 0.6) is 0 Å². The van der Waals surface area contributed by atoms with Crippen LogP contribution < -0.4 is 5.32 Å². The van der Waals surface area contributed by atoms with Gasteiger partial charge in [0.1, 0.15) is 0 Å². The summed E-state index contributed by atoms with van der Waals surface area (Å²) in [5.41, 5.74) is 0.356. The predicted molar refractivity (Wildman–Crippen MR) is 116 cm³/mol. The normalized spacial score (nSPS) is 32.5. The summed E-state index contributed by atoms with van der Waals surface area (Å²) in [4.78, 5) is 7.25. The number of nitrogens with one attached hydrogen (secondary N) is 1. The molecule has 0 aromatic carbocycles. The molecule has 3 saturated heterocycles. The molecule has 0 spiro atoms. The second kappa shape index (κ2) is 9.41. The van der Waals surface area contributed by atoms with E-state index in [1.165, 1.54) is 12.8 Å². The molecule has 3 aliphatic rings. The lowest BCUT2D eigenvalue weighted by atomic mass is 9.87. The summed E-state index contributed by atoms with van der Waals surface area (Å²) in [6, 6.07) is 0.410. The Morgan fingerprint density at radius 2 is 2.04 bits per heavy atom. The quantitative estimate of drug-likeness (QED) is 0.365. The molecule has 3 aliphatic heterocycles. The van der Waals surface area contributed by atoms with Crippen LogP contribution in [-0.2, 0) is 14.6 Å². The molecule has 0 aliphatic carbocycles. The van der Waals surface area contributed by atoms with Crippen molar-refractivity contribution in [1.82, 2.24) is 10.2 Å². The Bertz CT molecular complexity index is 592. The molecule has 1 N–H and O–H groups in total. The highest BCUT2D eigenvalue weighted by Crippen LogP contribution is 2.33. The van der Waals surface area contributed by atoms with Crippen molar-refractivity contribution in [3.63, 3.8) is 0 Å². The van der Waals surface area contributed by atoms with Crippen LogP contribution in [0.15, 0.2) is 4.99 Å². The van der Waals surface area contributed by atoms with Gasteiger partial charge in [0, 0.05) is 38.9 Å². The number of hydrogen-bond acceptors (Lipinski definition) is 4. The molecule has 152 valence electrons. The van der Waals surface area contributed by atoms with Gasteiger partial charge in [-0.05, 0) is 43.4 Å². The van der Waals surface area contributed by atoms with E-state index in [1.54, 1.807) is 0 Å². The van der Waals surface area contributed by atoms with E-state index in [-0.39, 0.29) is 29.9 Å². The number of hydrogen-bond donors (Lipinski definition) is 1. The molecule has 8 heteroatoms. The van der Waals surface area contributed by atoms with Gasteiger partial charge < -0.3 is 15.0 Å². The van der Waals surface area contributed by atoms with Gasteiger partial charge in [0.05, 0.1) is 11.5 Å². The third-order valence-corrected chi connectivity index (χ3v) is 7.93. The van der Waals surface area contributed by atoms with Crippen molar-refractivity contribution in [1.29, 1.82) is 0 Å². The summed E-state index contributed by atoms with van der Waals surface area (Å²) < 4.78 is 28.8. The van der Waals surface area contributed by atoms with E-state index < -0.39 is 9.84 Å². The van der Waals surface area contributed by atoms with E-state index in [0.29, 0.717) is 29.5 Å². The zero-order valence-electron chi connectivity index (χ0n) is 16.1. The van der Waals surface area contributed by atoms with E-state index in [9.17, 15) is 8.42 Å². The molecule has 0 aromatic rings. The summed E-state index contributed by atoms with van der Waals surface area (Å²) in [6.07, 6.45) is 5.14. The fraction of sp³-hybridized carbons (Fsp3) is 0.944. The number of likely N-dealkylation sites (tertiary alicyclic amines) is 1. The Kier molecular flexibility index (Phi) is 8.03. The smallest absolute Gasteiger partial charge is 0.194 e. The molecule has 0 amide bonds. The van der Waals surface area contributed by atoms with E-state index in [0.717, 1.165) is 51.5 Å². The molecule has 0 aromatic heterocycles. The first-order valence-corrected chi connectivity index (χ1v) is 11.6. The number of aliphatic imine (C=N–C) groups is 1. The van der Waals surface area contributed by atoms with Crippen LogP contribution in [0.3, 0.4) is 0 Å². The van der Waals surface area contributed by atoms with Crippen molar-refractivity contribution in [2.45, 2.75) is 52.0 Å². The summed E-state index contributed by atoms with van der Waals surface area (Å²) in [5.74, 6) is 1.78. The first-order chi connectivity index (χ1) is 11.9. The fourth-order valence-corrected chi connectivity index (χ4v) is 5.84. The number of guanidine groups is 1. The monoisotopic (exact) mass is 499 g/mol. The van der Waals surface area contributed by atoms with Gasteiger partial charge in [-0.3, -0.25) is 4.99 Å². The maximum Gasteiger partial charge on any atom is 0.194 e. The van der Waals surface area contributed by atoms with Crippen LogP contribution in [0.1, 0.15) is 46.0 Å². The second-order valence-corrected chi connectivity index (χ2v) is 10.5. The highest BCUT2D eigenvalue weighted by molar-refractivity contribution is 14.0. The van der Waals surface area contributed by atoms with E-state index in [4.69, 9.17) is 9.73 Å². The minimum atomic E-state index is -2.83. The minimum Gasteiger partial charge on any atom is -0.381 e. The third kappa shape index (κ3) is 5.95. The van der Waals surface area contributed by atoms with Gasteiger partial charge in [-0.25, -0.2) is 8.42 Å². The van der Waals surface area contributed by atoms with E-state index >= 15 is 0 Å². The Hall–Kier alpha value is -0.0900. The molecule has 26 heavy (non-hydrogen) atoms.